The standard InChI is InChI=1S/C21H27FN2.C2H6/c1-5-18-8-7-17(13-23)12-20(18)24(6-2)14-19-11-16(3)9-10-21(19,4)15-22;1-2/h6-8,12,19H,2-3,5,9-11,14-15H2,1,4H3;1-2H3. The number of halogens is 1. The first-order valence-corrected chi connectivity index (χ1v) is 9.62. The van der Waals surface area contributed by atoms with Gasteiger partial charge in [-0.2, -0.15) is 5.26 Å². The number of aryl methyl sites for hydroxylation is 1. The van der Waals surface area contributed by atoms with E-state index < -0.39 is 0 Å². The van der Waals surface area contributed by atoms with Crippen LogP contribution in [0.3, 0.4) is 0 Å². The average Bonchev–Trinajstić information content (AvgIpc) is 2.69. The molecule has 0 aliphatic heterocycles. The lowest BCUT2D eigenvalue weighted by Crippen LogP contribution is -2.40. The Hall–Kier alpha value is -2.08. The highest BCUT2D eigenvalue weighted by Crippen LogP contribution is 2.44. The first-order chi connectivity index (χ1) is 12.5. The van der Waals surface area contributed by atoms with Crippen LogP contribution in [-0.4, -0.2) is 13.2 Å². The summed E-state index contributed by atoms with van der Waals surface area (Å²) >= 11 is 0. The van der Waals surface area contributed by atoms with Gasteiger partial charge in [-0.3, -0.25) is 4.39 Å². The summed E-state index contributed by atoms with van der Waals surface area (Å²) in [5, 5.41) is 9.20. The predicted octanol–water partition coefficient (Wildman–Crippen LogP) is 6.43. The van der Waals surface area contributed by atoms with Crippen molar-refractivity contribution in [3.05, 3.63) is 54.3 Å². The maximum atomic E-state index is 13.7. The molecule has 0 spiro atoms. The molecule has 26 heavy (non-hydrogen) atoms. The molecular weight excluding hydrogens is 323 g/mol. The number of anilines is 1. The molecule has 2 nitrogen and oxygen atoms in total. The van der Waals surface area contributed by atoms with Gasteiger partial charge in [0.25, 0.3) is 0 Å². The normalized spacial score (nSPS) is 22.0. The third-order valence-corrected chi connectivity index (χ3v) is 5.42. The Morgan fingerprint density at radius 2 is 2.12 bits per heavy atom. The molecule has 0 bridgehead atoms. The summed E-state index contributed by atoms with van der Waals surface area (Å²) in [6.07, 6.45) is 5.28. The van der Waals surface area contributed by atoms with Crippen molar-refractivity contribution in [3.63, 3.8) is 0 Å². The van der Waals surface area contributed by atoms with Gasteiger partial charge in [0.15, 0.2) is 0 Å². The molecule has 0 saturated heterocycles. The van der Waals surface area contributed by atoms with Crippen molar-refractivity contribution in [2.24, 2.45) is 11.3 Å². The van der Waals surface area contributed by atoms with Crippen molar-refractivity contribution in [2.45, 2.75) is 53.4 Å². The smallest absolute Gasteiger partial charge is 0.0992 e. The second-order valence-corrected chi connectivity index (χ2v) is 7.08. The number of nitriles is 1. The fourth-order valence-corrected chi connectivity index (χ4v) is 3.53. The predicted molar refractivity (Wildman–Crippen MR) is 110 cm³/mol. The molecule has 0 heterocycles. The van der Waals surface area contributed by atoms with E-state index in [1.807, 2.05) is 39.0 Å². The maximum absolute atomic E-state index is 13.7. The lowest BCUT2D eigenvalue weighted by atomic mass is 9.67. The molecule has 142 valence electrons. The van der Waals surface area contributed by atoms with Crippen LogP contribution in [0.5, 0.6) is 0 Å². The van der Waals surface area contributed by atoms with Crippen LogP contribution in [0.1, 0.15) is 58.1 Å². The first-order valence-electron chi connectivity index (χ1n) is 9.62. The molecule has 0 amide bonds. The summed E-state index contributed by atoms with van der Waals surface area (Å²) in [5.41, 5.74) is 3.70. The lowest BCUT2D eigenvalue weighted by Gasteiger charge is -2.42. The molecule has 1 aliphatic rings. The third-order valence-electron chi connectivity index (χ3n) is 5.42. The summed E-state index contributed by atoms with van der Waals surface area (Å²) < 4.78 is 13.7. The Bertz CT molecular complexity index is 659. The number of benzene rings is 1. The van der Waals surface area contributed by atoms with Crippen LogP contribution < -0.4 is 4.90 Å². The maximum Gasteiger partial charge on any atom is 0.0992 e. The number of allylic oxidation sites excluding steroid dienone is 1. The van der Waals surface area contributed by atoms with Gasteiger partial charge in [-0.05, 0) is 55.5 Å². The summed E-state index contributed by atoms with van der Waals surface area (Å²) in [7, 11) is 0. The largest absolute Gasteiger partial charge is 0.348 e. The Morgan fingerprint density at radius 3 is 2.65 bits per heavy atom. The minimum absolute atomic E-state index is 0.192. The Morgan fingerprint density at radius 1 is 1.42 bits per heavy atom. The van der Waals surface area contributed by atoms with Gasteiger partial charge in [-0.25, -0.2) is 0 Å². The molecule has 2 unspecified atom stereocenters. The van der Waals surface area contributed by atoms with E-state index in [9.17, 15) is 9.65 Å². The summed E-state index contributed by atoms with van der Waals surface area (Å²) in [4.78, 5) is 2.08. The highest BCUT2D eigenvalue weighted by molar-refractivity contribution is 5.59. The van der Waals surface area contributed by atoms with Crippen LogP contribution in [0.4, 0.5) is 10.1 Å². The number of hydrogen-bond acceptors (Lipinski definition) is 2. The second-order valence-electron chi connectivity index (χ2n) is 7.08. The quantitative estimate of drug-likeness (QED) is 0.549. The highest BCUT2D eigenvalue weighted by Gasteiger charge is 2.38. The van der Waals surface area contributed by atoms with E-state index in [1.54, 1.807) is 6.20 Å². The van der Waals surface area contributed by atoms with Gasteiger partial charge in [0.05, 0.1) is 18.3 Å². The van der Waals surface area contributed by atoms with Gasteiger partial charge in [0.2, 0.25) is 0 Å². The fraction of sp³-hybridized carbons (Fsp3) is 0.522. The zero-order valence-electron chi connectivity index (χ0n) is 16.8. The molecular formula is C23H33FN2. The third kappa shape index (κ3) is 4.97. The van der Waals surface area contributed by atoms with E-state index in [4.69, 9.17) is 0 Å². The van der Waals surface area contributed by atoms with Gasteiger partial charge in [-0.1, -0.05) is 52.5 Å². The number of hydrogen-bond donors (Lipinski definition) is 0. The van der Waals surface area contributed by atoms with Crippen molar-refractivity contribution in [1.82, 2.24) is 0 Å². The molecule has 1 aromatic carbocycles. The van der Waals surface area contributed by atoms with E-state index in [-0.39, 0.29) is 18.0 Å². The molecule has 2 rings (SSSR count). The van der Waals surface area contributed by atoms with Crippen LogP contribution in [0.15, 0.2) is 43.1 Å². The second kappa shape index (κ2) is 10.2. The zero-order chi connectivity index (χ0) is 19.7. The van der Waals surface area contributed by atoms with E-state index in [0.29, 0.717) is 12.1 Å². The molecule has 0 radical (unpaired) electrons. The Balaban J connectivity index is 0.00000163. The van der Waals surface area contributed by atoms with E-state index in [0.717, 1.165) is 31.4 Å². The van der Waals surface area contributed by atoms with E-state index >= 15 is 0 Å². The van der Waals surface area contributed by atoms with Crippen LogP contribution in [0.25, 0.3) is 0 Å². The molecule has 1 aromatic rings. The Kier molecular flexibility index (Phi) is 8.58. The molecule has 0 N–H and O–H groups in total. The summed E-state index contributed by atoms with van der Waals surface area (Å²) in [5.74, 6) is 0.192. The monoisotopic (exact) mass is 356 g/mol. The molecule has 1 fully saturated rings. The van der Waals surface area contributed by atoms with Crippen molar-refractivity contribution < 1.29 is 4.39 Å². The van der Waals surface area contributed by atoms with Crippen LogP contribution >= 0.6 is 0 Å². The van der Waals surface area contributed by atoms with Gasteiger partial charge in [0, 0.05) is 17.6 Å². The fourth-order valence-electron chi connectivity index (χ4n) is 3.53. The van der Waals surface area contributed by atoms with Crippen LogP contribution in [-0.2, 0) is 6.42 Å². The van der Waals surface area contributed by atoms with Crippen molar-refractivity contribution >= 4 is 5.69 Å². The van der Waals surface area contributed by atoms with Crippen molar-refractivity contribution in [1.29, 1.82) is 5.26 Å². The number of rotatable bonds is 6. The minimum atomic E-state index is -0.318. The first kappa shape index (κ1) is 22.0. The molecule has 0 aromatic heterocycles. The lowest BCUT2D eigenvalue weighted by molar-refractivity contribution is 0.106. The number of alkyl halides is 1. The van der Waals surface area contributed by atoms with Crippen LogP contribution in [0.2, 0.25) is 0 Å². The SMILES string of the molecule is C=CN(CC1CC(=C)CCC1(C)CF)c1cc(C#N)ccc1CC.CC. The highest BCUT2D eigenvalue weighted by atomic mass is 19.1. The van der Waals surface area contributed by atoms with Gasteiger partial charge >= 0.3 is 0 Å². The van der Waals surface area contributed by atoms with Gasteiger partial charge in [-0.15, -0.1) is 0 Å². The summed E-state index contributed by atoms with van der Waals surface area (Å²) in [6, 6.07) is 7.95. The van der Waals surface area contributed by atoms with Crippen molar-refractivity contribution in [2.75, 3.05) is 18.1 Å². The zero-order valence-corrected chi connectivity index (χ0v) is 16.8. The van der Waals surface area contributed by atoms with Gasteiger partial charge in [0.1, 0.15) is 0 Å². The van der Waals surface area contributed by atoms with Crippen LogP contribution in [0, 0.1) is 22.7 Å². The van der Waals surface area contributed by atoms with E-state index in [1.165, 1.54) is 11.1 Å². The summed E-state index contributed by atoms with van der Waals surface area (Å²) in [6.45, 7) is 16.6. The molecule has 2 atom stereocenters. The topological polar surface area (TPSA) is 27.0 Å². The Labute approximate surface area is 159 Å². The van der Waals surface area contributed by atoms with Crippen molar-refractivity contribution in [3.8, 4) is 6.07 Å². The average molecular weight is 357 g/mol. The molecule has 3 heteroatoms. The minimum Gasteiger partial charge on any atom is -0.348 e. The molecule has 1 saturated carbocycles. The van der Waals surface area contributed by atoms with E-state index in [2.05, 4.69) is 31.1 Å². The molecule has 1 aliphatic carbocycles. The number of nitrogens with zero attached hydrogens (tertiary/aromatic N) is 2. The van der Waals surface area contributed by atoms with Gasteiger partial charge < -0.3 is 4.90 Å².